The quantitative estimate of drug-likeness (QED) is 0.291. The molecule has 1 saturated heterocycles. The second-order valence-electron chi connectivity index (χ2n) is 10.2. The van der Waals surface area contributed by atoms with Crippen LogP contribution in [-0.2, 0) is 11.2 Å². The zero-order valence-corrected chi connectivity index (χ0v) is 19.6. The van der Waals surface area contributed by atoms with E-state index >= 15 is 8.78 Å². The number of hydrogen-bond acceptors (Lipinski definition) is 1. The number of aryl methyl sites for hydroxylation is 1. The van der Waals surface area contributed by atoms with Crippen LogP contribution in [0, 0.1) is 35.4 Å². The highest BCUT2D eigenvalue weighted by molar-refractivity contribution is 5.31. The van der Waals surface area contributed by atoms with Gasteiger partial charge in [-0.05, 0) is 79.9 Å². The molecule has 0 bridgehead atoms. The first-order valence-electron chi connectivity index (χ1n) is 12.7. The lowest BCUT2D eigenvalue weighted by Crippen LogP contribution is -2.27. The summed E-state index contributed by atoms with van der Waals surface area (Å²) in [6, 6.07) is 5.37. The van der Waals surface area contributed by atoms with Gasteiger partial charge in [0, 0.05) is 11.8 Å². The third kappa shape index (κ3) is 5.02. The van der Waals surface area contributed by atoms with Gasteiger partial charge in [-0.2, -0.15) is 0 Å². The van der Waals surface area contributed by atoms with Crippen molar-refractivity contribution in [1.29, 1.82) is 0 Å². The monoisotopic (exact) mass is 466 g/mol. The van der Waals surface area contributed by atoms with E-state index in [1.54, 1.807) is 6.07 Å². The van der Waals surface area contributed by atoms with Gasteiger partial charge in [-0.3, -0.25) is 0 Å². The molecule has 6 atom stereocenters. The van der Waals surface area contributed by atoms with Gasteiger partial charge in [0.2, 0.25) is 0 Å². The first-order chi connectivity index (χ1) is 16.5. The number of benzene rings is 1. The van der Waals surface area contributed by atoms with Crippen molar-refractivity contribution in [2.75, 3.05) is 6.61 Å². The molecule has 1 fully saturated rings. The third-order valence-corrected chi connectivity index (χ3v) is 8.12. The van der Waals surface area contributed by atoms with Crippen molar-refractivity contribution in [3.8, 4) is 0 Å². The predicted octanol–water partition coefficient (Wildman–Crippen LogP) is 8.28. The first-order valence-corrected chi connectivity index (χ1v) is 12.7. The van der Waals surface area contributed by atoms with Gasteiger partial charge in [-0.25, -0.2) is 13.2 Å². The van der Waals surface area contributed by atoms with Gasteiger partial charge in [0.1, 0.15) is 23.6 Å². The standard InChI is InChI=1S/C30H33F3O/c1-2-19-3-8-21(9-4-19)25-15-16-26(30(33)29(25)32)22-10-5-20(6-11-22)7-12-23-13-14-24(17-27(23)31)28-18-34-28/h2-3,5-6,8,10,13-14,17,19,21-22,25-26,28H,1,4,7,9,11-12,15-16,18H2. The Hall–Kier alpha value is -2.33. The number of halogens is 3. The molecule has 1 heterocycles. The van der Waals surface area contributed by atoms with Gasteiger partial charge in [-0.15, -0.1) is 6.58 Å². The fourth-order valence-electron chi connectivity index (χ4n) is 5.82. The number of ether oxygens (including phenoxy) is 1. The van der Waals surface area contributed by atoms with E-state index in [1.807, 2.05) is 30.4 Å². The second kappa shape index (κ2) is 10.1. The maximum Gasteiger partial charge on any atom is 0.135 e. The zero-order chi connectivity index (χ0) is 23.7. The minimum atomic E-state index is -0.538. The van der Waals surface area contributed by atoms with Crippen LogP contribution < -0.4 is 0 Å². The van der Waals surface area contributed by atoms with E-state index in [1.165, 1.54) is 0 Å². The summed E-state index contributed by atoms with van der Waals surface area (Å²) >= 11 is 0. The van der Waals surface area contributed by atoms with Crippen molar-refractivity contribution in [1.82, 2.24) is 0 Å². The summed E-state index contributed by atoms with van der Waals surface area (Å²) in [6.07, 6.45) is 17.6. The maximum atomic E-state index is 15.1. The Kier molecular flexibility index (Phi) is 6.96. The highest BCUT2D eigenvalue weighted by atomic mass is 19.2. The van der Waals surface area contributed by atoms with Crippen LogP contribution in [0.25, 0.3) is 0 Å². The van der Waals surface area contributed by atoms with Crippen LogP contribution in [0.3, 0.4) is 0 Å². The van der Waals surface area contributed by atoms with Gasteiger partial charge in [0.05, 0.1) is 6.61 Å². The number of epoxide rings is 1. The Morgan fingerprint density at radius 2 is 1.68 bits per heavy atom. The molecule has 6 unspecified atom stereocenters. The van der Waals surface area contributed by atoms with Crippen LogP contribution in [-0.4, -0.2) is 6.61 Å². The fourth-order valence-corrected chi connectivity index (χ4v) is 5.82. The highest BCUT2D eigenvalue weighted by Gasteiger charge is 2.38. The topological polar surface area (TPSA) is 12.5 Å². The molecule has 180 valence electrons. The largest absolute Gasteiger partial charge is 0.368 e. The molecule has 1 aliphatic heterocycles. The number of rotatable bonds is 7. The smallest absolute Gasteiger partial charge is 0.135 e. The minimum Gasteiger partial charge on any atom is -0.368 e. The molecule has 0 saturated carbocycles. The molecule has 1 nitrogen and oxygen atoms in total. The SMILES string of the molecule is C=CC1C=CC(C2CCC(C3C=CC(CCc4ccc(C5CO5)cc4F)=CC3)C(F)=C2F)CC1. The van der Waals surface area contributed by atoms with Crippen LogP contribution in [0.15, 0.2) is 78.5 Å². The molecular formula is C30H33F3O. The lowest BCUT2D eigenvalue weighted by atomic mass is 9.71. The molecular weight excluding hydrogens is 433 g/mol. The molecule has 1 aromatic rings. The number of allylic oxidation sites excluding steroid dienone is 9. The van der Waals surface area contributed by atoms with E-state index in [4.69, 9.17) is 4.74 Å². The summed E-state index contributed by atoms with van der Waals surface area (Å²) in [5.74, 6) is -1.53. The van der Waals surface area contributed by atoms with Crippen LogP contribution >= 0.6 is 0 Å². The molecule has 0 spiro atoms. The molecule has 0 amide bonds. The fraction of sp³-hybridized carbons (Fsp3) is 0.467. The van der Waals surface area contributed by atoms with Crippen molar-refractivity contribution in [3.63, 3.8) is 0 Å². The summed E-state index contributed by atoms with van der Waals surface area (Å²) < 4.78 is 49.8. The van der Waals surface area contributed by atoms with E-state index < -0.39 is 11.7 Å². The van der Waals surface area contributed by atoms with Gasteiger partial charge < -0.3 is 4.74 Å². The van der Waals surface area contributed by atoms with Crippen LogP contribution in [0.4, 0.5) is 13.2 Å². The molecule has 5 rings (SSSR count). The highest BCUT2D eigenvalue weighted by Crippen LogP contribution is 2.46. The van der Waals surface area contributed by atoms with Crippen molar-refractivity contribution < 1.29 is 17.9 Å². The molecule has 4 heteroatoms. The van der Waals surface area contributed by atoms with Gasteiger partial charge >= 0.3 is 0 Å². The van der Waals surface area contributed by atoms with Crippen LogP contribution in [0.5, 0.6) is 0 Å². The molecule has 34 heavy (non-hydrogen) atoms. The minimum absolute atomic E-state index is 0.0166. The molecule has 0 aromatic heterocycles. The number of hydrogen-bond donors (Lipinski definition) is 0. The molecule has 3 aliphatic carbocycles. The van der Waals surface area contributed by atoms with Crippen molar-refractivity contribution >= 4 is 0 Å². The van der Waals surface area contributed by atoms with Crippen LogP contribution in [0.2, 0.25) is 0 Å². The summed E-state index contributed by atoms with van der Waals surface area (Å²) in [7, 11) is 0. The van der Waals surface area contributed by atoms with E-state index in [0.29, 0.717) is 43.8 Å². The molecule has 0 N–H and O–H groups in total. The van der Waals surface area contributed by atoms with E-state index in [2.05, 4.69) is 24.8 Å². The summed E-state index contributed by atoms with van der Waals surface area (Å²) in [4.78, 5) is 0. The maximum absolute atomic E-state index is 15.1. The van der Waals surface area contributed by atoms with Crippen molar-refractivity contribution in [2.24, 2.45) is 29.6 Å². The van der Waals surface area contributed by atoms with E-state index in [-0.39, 0.29) is 35.6 Å². The zero-order valence-electron chi connectivity index (χ0n) is 19.6. The van der Waals surface area contributed by atoms with Crippen LogP contribution in [0.1, 0.15) is 55.8 Å². The van der Waals surface area contributed by atoms with Gasteiger partial charge in [-0.1, -0.05) is 54.2 Å². The predicted molar refractivity (Wildman–Crippen MR) is 130 cm³/mol. The summed E-state index contributed by atoms with van der Waals surface area (Å²) in [5.41, 5.74) is 2.73. The normalized spacial score (nSPS) is 33.1. The Morgan fingerprint density at radius 3 is 2.26 bits per heavy atom. The first kappa shape index (κ1) is 23.4. The Balaban J connectivity index is 1.17. The Bertz CT molecular complexity index is 1050. The second-order valence-corrected chi connectivity index (χ2v) is 10.2. The average molecular weight is 467 g/mol. The van der Waals surface area contributed by atoms with Gasteiger partial charge in [0.25, 0.3) is 0 Å². The third-order valence-electron chi connectivity index (χ3n) is 8.12. The van der Waals surface area contributed by atoms with Crippen molar-refractivity contribution in [2.45, 2.75) is 51.0 Å². The molecule has 0 radical (unpaired) electrons. The van der Waals surface area contributed by atoms with Gasteiger partial charge in [0.15, 0.2) is 0 Å². The molecule has 4 aliphatic rings. The average Bonchev–Trinajstić information content (AvgIpc) is 3.71. The molecule has 1 aromatic carbocycles. The lowest BCUT2D eigenvalue weighted by molar-refractivity contribution is 0.218. The van der Waals surface area contributed by atoms with Crippen molar-refractivity contribution in [3.05, 3.63) is 95.4 Å². The van der Waals surface area contributed by atoms with E-state index in [0.717, 1.165) is 30.4 Å². The Morgan fingerprint density at radius 1 is 0.912 bits per heavy atom. The summed E-state index contributed by atoms with van der Waals surface area (Å²) in [5, 5.41) is 0. The Labute approximate surface area is 200 Å². The summed E-state index contributed by atoms with van der Waals surface area (Å²) in [6.45, 7) is 4.50. The lowest BCUT2D eigenvalue weighted by Gasteiger charge is -2.35. The van der Waals surface area contributed by atoms with E-state index in [9.17, 15) is 4.39 Å².